The molecule has 130 valence electrons. The molecule has 0 bridgehead atoms. The Balaban J connectivity index is 1.53. The number of halogens is 1. The fourth-order valence-corrected chi connectivity index (χ4v) is 3.08. The second-order valence-electron chi connectivity index (χ2n) is 6.61. The summed E-state index contributed by atoms with van der Waals surface area (Å²) in [7, 11) is 0. The van der Waals surface area contributed by atoms with Crippen LogP contribution in [0.25, 0.3) is 0 Å². The third-order valence-corrected chi connectivity index (χ3v) is 5.02. The molecule has 1 aliphatic heterocycles. The summed E-state index contributed by atoms with van der Waals surface area (Å²) in [6.07, 6.45) is 1.25. The fourth-order valence-electron chi connectivity index (χ4n) is 3.08. The Bertz CT molecular complexity index is 622. The van der Waals surface area contributed by atoms with E-state index in [-0.39, 0.29) is 17.8 Å². The first-order valence-corrected chi connectivity index (χ1v) is 8.28. The van der Waals surface area contributed by atoms with Gasteiger partial charge in [-0.05, 0) is 44.0 Å². The van der Waals surface area contributed by atoms with E-state index in [4.69, 9.17) is 5.73 Å². The summed E-state index contributed by atoms with van der Waals surface area (Å²) < 4.78 is 13.0. The van der Waals surface area contributed by atoms with Crippen molar-refractivity contribution in [2.24, 2.45) is 5.73 Å². The van der Waals surface area contributed by atoms with Gasteiger partial charge in [-0.2, -0.15) is 0 Å². The van der Waals surface area contributed by atoms with E-state index in [1.165, 1.54) is 12.1 Å². The largest absolute Gasteiger partial charge is 0.369 e. The number of piperazine rings is 1. The van der Waals surface area contributed by atoms with Crippen molar-refractivity contribution in [2.75, 3.05) is 31.1 Å². The van der Waals surface area contributed by atoms with Crippen LogP contribution in [0.3, 0.4) is 0 Å². The zero-order valence-electron chi connectivity index (χ0n) is 13.8. The van der Waals surface area contributed by atoms with Crippen LogP contribution in [-0.2, 0) is 9.59 Å². The highest BCUT2D eigenvalue weighted by molar-refractivity contribution is 5.94. The SMILES string of the molecule is CC(C(=O)NC1(C(N)=O)CC1)N1CCN(c2ccc(F)cc2)CC1. The van der Waals surface area contributed by atoms with Crippen molar-refractivity contribution < 1.29 is 14.0 Å². The first-order valence-electron chi connectivity index (χ1n) is 8.28. The monoisotopic (exact) mass is 334 g/mol. The zero-order chi connectivity index (χ0) is 17.3. The van der Waals surface area contributed by atoms with Gasteiger partial charge in [0.05, 0.1) is 6.04 Å². The van der Waals surface area contributed by atoms with Gasteiger partial charge < -0.3 is 16.0 Å². The third kappa shape index (κ3) is 3.36. The Morgan fingerprint density at radius 2 is 1.75 bits per heavy atom. The number of primary amides is 1. The van der Waals surface area contributed by atoms with Crippen LogP contribution in [-0.4, -0.2) is 54.5 Å². The number of nitrogens with one attached hydrogen (secondary N) is 1. The van der Waals surface area contributed by atoms with E-state index in [0.717, 1.165) is 31.9 Å². The molecule has 3 rings (SSSR count). The number of benzene rings is 1. The van der Waals surface area contributed by atoms with Gasteiger partial charge in [-0.1, -0.05) is 0 Å². The summed E-state index contributed by atoms with van der Waals surface area (Å²) in [6, 6.07) is 6.14. The van der Waals surface area contributed by atoms with Crippen LogP contribution in [0.2, 0.25) is 0 Å². The molecule has 24 heavy (non-hydrogen) atoms. The average molecular weight is 334 g/mol. The summed E-state index contributed by atoms with van der Waals surface area (Å²) in [4.78, 5) is 28.0. The van der Waals surface area contributed by atoms with E-state index in [0.29, 0.717) is 12.8 Å². The van der Waals surface area contributed by atoms with Crippen molar-refractivity contribution in [3.63, 3.8) is 0 Å². The fraction of sp³-hybridized carbons (Fsp3) is 0.529. The lowest BCUT2D eigenvalue weighted by atomic mass is 10.1. The lowest BCUT2D eigenvalue weighted by Gasteiger charge is -2.38. The normalized spacial score (nSPS) is 21.2. The lowest BCUT2D eigenvalue weighted by molar-refractivity contribution is -0.131. The van der Waals surface area contributed by atoms with E-state index in [1.807, 2.05) is 6.92 Å². The van der Waals surface area contributed by atoms with Gasteiger partial charge in [-0.15, -0.1) is 0 Å². The highest BCUT2D eigenvalue weighted by atomic mass is 19.1. The van der Waals surface area contributed by atoms with E-state index >= 15 is 0 Å². The van der Waals surface area contributed by atoms with Crippen molar-refractivity contribution in [1.29, 1.82) is 0 Å². The Labute approximate surface area is 140 Å². The topological polar surface area (TPSA) is 78.7 Å². The highest BCUT2D eigenvalue weighted by Gasteiger charge is 2.50. The van der Waals surface area contributed by atoms with Gasteiger partial charge in [0, 0.05) is 31.9 Å². The second kappa shape index (κ2) is 6.39. The van der Waals surface area contributed by atoms with Gasteiger partial charge in [-0.25, -0.2) is 4.39 Å². The molecule has 1 saturated carbocycles. The Morgan fingerprint density at radius 1 is 1.17 bits per heavy atom. The molecule has 0 radical (unpaired) electrons. The molecule has 7 heteroatoms. The van der Waals surface area contributed by atoms with Crippen molar-refractivity contribution in [1.82, 2.24) is 10.2 Å². The van der Waals surface area contributed by atoms with Gasteiger partial charge in [0.15, 0.2) is 0 Å². The molecule has 0 aromatic heterocycles. The average Bonchev–Trinajstić information content (AvgIpc) is 3.36. The van der Waals surface area contributed by atoms with E-state index < -0.39 is 11.4 Å². The van der Waals surface area contributed by atoms with Crippen molar-refractivity contribution in [2.45, 2.75) is 31.3 Å². The van der Waals surface area contributed by atoms with Crippen molar-refractivity contribution in [3.8, 4) is 0 Å². The maximum absolute atomic E-state index is 13.0. The minimum absolute atomic E-state index is 0.151. The van der Waals surface area contributed by atoms with E-state index in [9.17, 15) is 14.0 Å². The molecule has 6 nitrogen and oxygen atoms in total. The summed E-state index contributed by atoms with van der Waals surface area (Å²) in [6.45, 7) is 4.85. The van der Waals surface area contributed by atoms with Crippen molar-refractivity contribution >= 4 is 17.5 Å². The highest BCUT2D eigenvalue weighted by Crippen LogP contribution is 2.35. The minimum Gasteiger partial charge on any atom is -0.369 e. The van der Waals surface area contributed by atoms with Crippen LogP contribution in [0.4, 0.5) is 10.1 Å². The number of carbonyl (C=O) groups is 2. The number of hydrogen-bond donors (Lipinski definition) is 2. The lowest BCUT2D eigenvalue weighted by Crippen LogP contribution is -2.57. The first kappa shape index (κ1) is 16.7. The van der Waals surface area contributed by atoms with Crippen LogP contribution in [0.15, 0.2) is 24.3 Å². The number of anilines is 1. The Morgan fingerprint density at radius 3 is 2.25 bits per heavy atom. The van der Waals surface area contributed by atoms with E-state index in [2.05, 4.69) is 15.1 Å². The molecule has 2 aliphatic rings. The number of nitrogens with two attached hydrogens (primary N) is 1. The number of nitrogens with zero attached hydrogens (tertiary/aromatic N) is 2. The smallest absolute Gasteiger partial charge is 0.243 e. The molecule has 1 aliphatic carbocycles. The molecule has 1 heterocycles. The van der Waals surface area contributed by atoms with Gasteiger partial charge in [-0.3, -0.25) is 14.5 Å². The molecular formula is C17H23FN4O2. The van der Waals surface area contributed by atoms with Crippen LogP contribution < -0.4 is 16.0 Å². The molecular weight excluding hydrogens is 311 g/mol. The molecule has 1 aromatic rings. The number of hydrogen-bond acceptors (Lipinski definition) is 4. The molecule has 1 atom stereocenters. The predicted molar refractivity (Wildman–Crippen MR) is 89.0 cm³/mol. The second-order valence-corrected chi connectivity index (χ2v) is 6.61. The number of carbonyl (C=O) groups excluding carboxylic acids is 2. The minimum atomic E-state index is -0.818. The molecule has 2 amide bonds. The van der Waals surface area contributed by atoms with E-state index in [1.54, 1.807) is 12.1 Å². The zero-order valence-corrected chi connectivity index (χ0v) is 13.8. The molecule has 1 saturated heterocycles. The van der Waals surface area contributed by atoms with Gasteiger partial charge in [0.1, 0.15) is 11.4 Å². The quantitative estimate of drug-likeness (QED) is 0.820. The maximum Gasteiger partial charge on any atom is 0.243 e. The van der Waals surface area contributed by atoms with Crippen LogP contribution in [0, 0.1) is 5.82 Å². The third-order valence-electron chi connectivity index (χ3n) is 5.02. The van der Waals surface area contributed by atoms with Gasteiger partial charge in [0.2, 0.25) is 11.8 Å². The summed E-state index contributed by atoms with van der Waals surface area (Å²) in [5.74, 6) is -0.850. The molecule has 3 N–H and O–H groups in total. The predicted octanol–water partition coefficient (Wildman–Crippen LogP) is 0.470. The summed E-state index contributed by atoms with van der Waals surface area (Å²) >= 11 is 0. The Hall–Kier alpha value is -2.15. The van der Waals surface area contributed by atoms with Gasteiger partial charge in [0.25, 0.3) is 0 Å². The Kier molecular flexibility index (Phi) is 4.45. The van der Waals surface area contributed by atoms with Crippen molar-refractivity contribution in [3.05, 3.63) is 30.1 Å². The first-order chi connectivity index (χ1) is 11.4. The van der Waals surface area contributed by atoms with Crippen LogP contribution in [0.5, 0.6) is 0 Å². The summed E-state index contributed by atoms with van der Waals surface area (Å²) in [5.41, 5.74) is 5.52. The van der Waals surface area contributed by atoms with Gasteiger partial charge >= 0.3 is 0 Å². The number of amides is 2. The van der Waals surface area contributed by atoms with Crippen LogP contribution in [0.1, 0.15) is 19.8 Å². The molecule has 2 fully saturated rings. The molecule has 1 aromatic carbocycles. The molecule has 1 unspecified atom stereocenters. The number of rotatable bonds is 5. The maximum atomic E-state index is 13.0. The summed E-state index contributed by atoms with van der Waals surface area (Å²) in [5, 5.41) is 2.80. The molecule has 0 spiro atoms. The van der Waals surface area contributed by atoms with Crippen LogP contribution >= 0.6 is 0 Å². The standard InChI is InChI=1S/C17H23FN4O2/c1-12(15(23)20-17(6-7-17)16(19)24)21-8-10-22(11-9-21)14-4-2-13(18)3-5-14/h2-5,12H,6-11H2,1H3,(H2,19,24)(H,20,23).